The van der Waals surface area contributed by atoms with Crippen molar-refractivity contribution in [2.24, 2.45) is 0 Å². The van der Waals surface area contributed by atoms with E-state index >= 15 is 0 Å². The molecule has 1 aliphatic rings. The zero-order valence-corrected chi connectivity index (χ0v) is 13.9. The molecule has 0 saturated heterocycles. The van der Waals surface area contributed by atoms with Gasteiger partial charge < -0.3 is 5.11 Å². The summed E-state index contributed by atoms with van der Waals surface area (Å²) < 4.78 is 0. The Balaban J connectivity index is 2.14. The number of aryl methyl sites for hydroxylation is 2. The predicted octanol–water partition coefficient (Wildman–Crippen LogP) is 5.28. The Labute approximate surface area is 135 Å². The predicted molar refractivity (Wildman–Crippen MR) is 94.4 cm³/mol. The molecule has 0 heterocycles. The van der Waals surface area contributed by atoms with Gasteiger partial charge in [0, 0.05) is 18.6 Å². The first kappa shape index (κ1) is 15.0. The third-order valence-corrected chi connectivity index (χ3v) is 6.23. The Morgan fingerprint density at radius 2 is 1.64 bits per heavy atom. The third-order valence-electron chi connectivity index (χ3n) is 3.92. The third kappa shape index (κ3) is 2.97. The van der Waals surface area contributed by atoms with Crippen molar-refractivity contribution in [2.45, 2.75) is 36.5 Å². The molecule has 0 radical (unpaired) electrons. The number of phenols is 1. The fourth-order valence-corrected chi connectivity index (χ4v) is 5.21. The number of hydrogen-bond acceptors (Lipinski definition) is 1. The molecular formula is C20H21OS+. The van der Waals surface area contributed by atoms with Crippen molar-refractivity contribution in [2.75, 3.05) is 0 Å². The first-order valence-corrected chi connectivity index (χ1v) is 8.84. The highest BCUT2D eigenvalue weighted by molar-refractivity contribution is 8.00. The Kier molecular flexibility index (Phi) is 4.39. The van der Waals surface area contributed by atoms with E-state index in [1.165, 1.54) is 14.7 Å². The van der Waals surface area contributed by atoms with Crippen molar-refractivity contribution in [3.8, 4) is 5.75 Å². The van der Waals surface area contributed by atoms with E-state index in [0.29, 0.717) is 5.75 Å². The molecule has 2 aromatic carbocycles. The van der Waals surface area contributed by atoms with Gasteiger partial charge in [0.2, 0.25) is 0 Å². The van der Waals surface area contributed by atoms with Crippen molar-refractivity contribution < 1.29 is 5.11 Å². The van der Waals surface area contributed by atoms with Gasteiger partial charge in [0.15, 0.2) is 9.79 Å². The van der Waals surface area contributed by atoms with E-state index in [1.807, 2.05) is 13.8 Å². The molecule has 0 fully saturated rings. The molecule has 1 atom stereocenters. The average molecular weight is 309 g/mol. The monoisotopic (exact) mass is 309 g/mol. The van der Waals surface area contributed by atoms with E-state index < -0.39 is 0 Å². The standard InChI is InChI=1S/C20H20OS/c1-15-13-19(14-16(2)20(15)21)22(17-9-5-3-6-10-17)18-11-7-4-8-12-18/h3-7,9-11,13-14H,8,12H2,1-2H3/p+1. The van der Waals surface area contributed by atoms with Gasteiger partial charge in [-0.1, -0.05) is 30.4 Å². The highest BCUT2D eigenvalue weighted by Gasteiger charge is 2.31. The summed E-state index contributed by atoms with van der Waals surface area (Å²) in [5, 5.41) is 10.1. The SMILES string of the molecule is Cc1cc([S+](C2=CC=CCC2)c2ccccc2)cc(C)c1O. The lowest BCUT2D eigenvalue weighted by atomic mass is 10.1. The summed E-state index contributed by atoms with van der Waals surface area (Å²) in [4.78, 5) is 4.10. The smallest absolute Gasteiger partial charge is 0.167 e. The molecule has 0 spiro atoms. The molecule has 0 aliphatic heterocycles. The van der Waals surface area contributed by atoms with Crippen LogP contribution in [-0.2, 0) is 10.9 Å². The molecule has 0 aromatic heterocycles. The zero-order chi connectivity index (χ0) is 15.5. The van der Waals surface area contributed by atoms with Crippen molar-refractivity contribution in [1.29, 1.82) is 0 Å². The van der Waals surface area contributed by atoms with Gasteiger partial charge in [-0.15, -0.1) is 0 Å². The molecule has 112 valence electrons. The summed E-state index contributed by atoms with van der Waals surface area (Å²) in [6, 6.07) is 15.0. The van der Waals surface area contributed by atoms with E-state index in [-0.39, 0.29) is 10.9 Å². The van der Waals surface area contributed by atoms with E-state index in [9.17, 15) is 5.11 Å². The minimum Gasteiger partial charge on any atom is -0.507 e. The van der Waals surface area contributed by atoms with Crippen molar-refractivity contribution in [3.63, 3.8) is 0 Å². The van der Waals surface area contributed by atoms with Crippen LogP contribution in [0.3, 0.4) is 0 Å². The van der Waals surface area contributed by atoms with Crippen molar-refractivity contribution in [3.05, 3.63) is 76.7 Å². The first-order chi connectivity index (χ1) is 10.7. The van der Waals surface area contributed by atoms with E-state index in [2.05, 4.69) is 60.7 Å². The number of benzene rings is 2. The van der Waals surface area contributed by atoms with Crippen molar-refractivity contribution in [1.82, 2.24) is 0 Å². The highest BCUT2D eigenvalue weighted by Crippen LogP contribution is 2.36. The number of phenolic OH excluding ortho intramolecular Hbond substituents is 1. The number of rotatable bonds is 3. The van der Waals surface area contributed by atoms with Crippen LogP contribution in [0.5, 0.6) is 5.75 Å². The second kappa shape index (κ2) is 6.45. The normalized spacial score (nSPS) is 15.5. The van der Waals surface area contributed by atoms with E-state index in [1.54, 1.807) is 0 Å². The molecule has 2 aromatic rings. The summed E-state index contributed by atoms with van der Waals surface area (Å²) >= 11 is 0. The molecule has 1 nitrogen and oxygen atoms in total. The molecule has 0 bridgehead atoms. The number of allylic oxidation sites excluding steroid dienone is 4. The summed E-state index contributed by atoms with van der Waals surface area (Å²) in [5.74, 6) is 0.415. The molecule has 1 aliphatic carbocycles. The van der Waals surface area contributed by atoms with Gasteiger partial charge in [0.25, 0.3) is 0 Å². The second-order valence-electron chi connectivity index (χ2n) is 5.62. The van der Waals surface area contributed by atoms with Gasteiger partial charge in [0.1, 0.15) is 10.7 Å². The molecule has 1 unspecified atom stereocenters. The van der Waals surface area contributed by atoms with Gasteiger partial charge in [0.05, 0.1) is 10.9 Å². The average Bonchev–Trinajstić information content (AvgIpc) is 2.55. The lowest BCUT2D eigenvalue weighted by Crippen LogP contribution is -2.09. The molecule has 0 amide bonds. The molecular weight excluding hydrogens is 288 g/mol. The summed E-state index contributed by atoms with van der Waals surface area (Å²) in [6.07, 6.45) is 8.87. The minimum atomic E-state index is -0.0678. The maximum absolute atomic E-state index is 10.1. The van der Waals surface area contributed by atoms with Crippen LogP contribution in [-0.4, -0.2) is 5.11 Å². The fourth-order valence-electron chi connectivity index (χ4n) is 2.78. The summed E-state index contributed by atoms with van der Waals surface area (Å²) in [7, 11) is -0.0678. The maximum Gasteiger partial charge on any atom is 0.167 e. The molecule has 1 N–H and O–H groups in total. The van der Waals surface area contributed by atoms with Crippen LogP contribution < -0.4 is 0 Å². The van der Waals surface area contributed by atoms with Gasteiger partial charge >= 0.3 is 0 Å². The molecule has 3 rings (SSSR count). The first-order valence-electron chi connectivity index (χ1n) is 7.62. The largest absolute Gasteiger partial charge is 0.507 e. The number of hydrogen-bond donors (Lipinski definition) is 1. The van der Waals surface area contributed by atoms with Crippen LogP contribution in [0.25, 0.3) is 0 Å². The summed E-state index contributed by atoms with van der Waals surface area (Å²) in [5.41, 5.74) is 1.91. The Hall–Kier alpha value is -1.93. The minimum absolute atomic E-state index is 0.0678. The Bertz CT molecular complexity index is 706. The summed E-state index contributed by atoms with van der Waals surface area (Å²) in [6.45, 7) is 3.96. The topological polar surface area (TPSA) is 20.2 Å². The van der Waals surface area contributed by atoms with Gasteiger partial charge in [-0.2, -0.15) is 0 Å². The number of aromatic hydroxyl groups is 1. The molecule has 22 heavy (non-hydrogen) atoms. The van der Waals surface area contributed by atoms with Crippen LogP contribution in [0, 0.1) is 13.8 Å². The molecule has 0 saturated carbocycles. The van der Waals surface area contributed by atoms with E-state index in [4.69, 9.17) is 0 Å². The fraction of sp³-hybridized carbons (Fsp3) is 0.200. The van der Waals surface area contributed by atoms with Gasteiger partial charge in [-0.3, -0.25) is 0 Å². The van der Waals surface area contributed by atoms with Crippen molar-refractivity contribution >= 4 is 10.9 Å². The highest BCUT2D eigenvalue weighted by atomic mass is 32.2. The lowest BCUT2D eigenvalue weighted by Gasteiger charge is -2.14. The van der Waals surface area contributed by atoms with Crippen LogP contribution >= 0.6 is 0 Å². The van der Waals surface area contributed by atoms with Crippen LogP contribution in [0.2, 0.25) is 0 Å². The van der Waals surface area contributed by atoms with Gasteiger partial charge in [-0.25, -0.2) is 0 Å². The van der Waals surface area contributed by atoms with E-state index in [0.717, 1.165) is 24.0 Å². The quantitative estimate of drug-likeness (QED) is 0.765. The zero-order valence-electron chi connectivity index (χ0n) is 13.0. The van der Waals surface area contributed by atoms with Gasteiger partial charge in [-0.05, 0) is 49.6 Å². The van der Waals surface area contributed by atoms with Crippen LogP contribution in [0.1, 0.15) is 24.0 Å². The Morgan fingerprint density at radius 3 is 2.23 bits per heavy atom. The second-order valence-corrected chi connectivity index (χ2v) is 7.70. The van der Waals surface area contributed by atoms with Crippen LogP contribution in [0.4, 0.5) is 0 Å². The lowest BCUT2D eigenvalue weighted by molar-refractivity contribution is 0.466. The van der Waals surface area contributed by atoms with Crippen LogP contribution in [0.15, 0.2) is 75.4 Å². The maximum atomic E-state index is 10.1. The molecule has 2 heteroatoms. The Morgan fingerprint density at radius 1 is 0.955 bits per heavy atom.